The highest BCUT2D eigenvalue weighted by atomic mass is 35.5. The van der Waals surface area contributed by atoms with E-state index in [1.165, 1.54) is 12.8 Å². The van der Waals surface area contributed by atoms with Crippen molar-refractivity contribution >= 4 is 23.2 Å². The first kappa shape index (κ1) is 13.7. The highest BCUT2D eigenvalue weighted by Gasteiger charge is 2.44. The van der Waals surface area contributed by atoms with Crippen molar-refractivity contribution < 1.29 is 4.74 Å². The highest BCUT2D eigenvalue weighted by Crippen LogP contribution is 2.46. The molecule has 0 radical (unpaired) electrons. The Labute approximate surface area is 124 Å². The SMILES string of the molecule is CCNC(c1cc(Cl)ccc1Cl)C1CC2CCC1O2. The summed E-state index contributed by atoms with van der Waals surface area (Å²) in [5.74, 6) is 0.509. The van der Waals surface area contributed by atoms with Crippen LogP contribution in [0, 0.1) is 5.92 Å². The number of fused-ring (bicyclic) bond motifs is 2. The fourth-order valence-corrected chi connectivity index (χ4v) is 3.91. The second-order valence-corrected chi connectivity index (χ2v) is 6.32. The molecule has 4 heteroatoms. The maximum atomic E-state index is 6.37. The molecule has 104 valence electrons. The minimum absolute atomic E-state index is 0.242. The molecule has 4 atom stereocenters. The normalized spacial score (nSPS) is 30.8. The van der Waals surface area contributed by atoms with Gasteiger partial charge < -0.3 is 10.1 Å². The number of nitrogens with one attached hydrogen (secondary N) is 1. The Morgan fingerprint density at radius 3 is 2.84 bits per heavy atom. The molecule has 1 aromatic rings. The number of benzene rings is 1. The van der Waals surface area contributed by atoms with Gasteiger partial charge in [0.1, 0.15) is 0 Å². The van der Waals surface area contributed by atoms with E-state index in [4.69, 9.17) is 27.9 Å². The molecule has 2 fully saturated rings. The molecule has 0 saturated carbocycles. The predicted octanol–water partition coefficient (Wildman–Crippen LogP) is 4.21. The zero-order valence-corrected chi connectivity index (χ0v) is 12.5. The van der Waals surface area contributed by atoms with Crippen LogP contribution in [0.2, 0.25) is 10.0 Å². The van der Waals surface area contributed by atoms with Gasteiger partial charge in [0.25, 0.3) is 0 Å². The maximum Gasteiger partial charge on any atom is 0.0627 e. The molecule has 2 heterocycles. The van der Waals surface area contributed by atoms with E-state index in [2.05, 4.69) is 12.2 Å². The van der Waals surface area contributed by atoms with Gasteiger partial charge in [-0.25, -0.2) is 0 Å². The van der Waals surface area contributed by atoms with Gasteiger partial charge in [-0.3, -0.25) is 0 Å². The van der Waals surface area contributed by atoms with Crippen LogP contribution in [0.1, 0.15) is 37.8 Å². The molecule has 2 aliphatic heterocycles. The minimum Gasteiger partial charge on any atom is -0.375 e. The van der Waals surface area contributed by atoms with Crippen molar-refractivity contribution in [3.05, 3.63) is 33.8 Å². The number of hydrogen-bond acceptors (Lipinski definition) is 2. The summed E-state index contributed by atoms with van der Waals surface area (Å²) in [6, 6.07) is 5.96. The standard InChI is InChI=1S/C15H19Cl2NO/c1-2-18-15(11-7-9(16)3-5-13(11)17)12-8-10-4-6-14(12)19-10/h3,5,7,10,12,14-15,18H,2,4,6,8H2,1H3. The molecule has 2 aliphatic rings. The van der Waals surface area contributed by atoms with Gasteiger partial charge in [0, 0.05) is 22.0 Å². The zero-order valence-electron chi connectivity index (χ0n) is 11.0. The summed E-state index contributed by atoms with van der Waals surface area (Å²) in [7, 11) is 0. The maximum absolute atomic E-state index is 6.37. The van der Waals surface area contributed by atoms with Crippen LogP contribution >= 0.6 is 23.2 Å². The van der Waals surface area contributed by atoms with Gasteiger partial charge in [0.15, 0.2) is 0 Å². The van der Waals surface area contributed by atoms with E-state index in [9.17, 15) is 0 Å². The molecule has 2 saturated heterocycles. The number of halogens is 2. The molecule has 0 aliphatic carbocycles. The fourth-order valence-electron chi connectivity index (χ4n) is 3.49. The molecular formula is C15H19Cl2NO. The lowest BCUT2D eigenvalue weighted by Crippen LogP contribution is -2.34. The summed E-state index contributed by atoms with van der Waals surface area (Å²) in [5, 5.41) is 5.10. The third-order valence-electron chi connectivity index (χ3n) is 4.30. The van der Waals surface area contributed by atoms with Crippen LogP contribution in [-0.4, -0.2) is 18.8 Å². The largest absolute Gasteiger partial charge is 0.375 e. The summed E-state index contributed by atoms with van der Waals surface area (Å²) in [6.45, 7) is 3.04. The quantitative estimate of drug-likeness (QED) is 0.899. The predicted molar refractivity (Wildman–Crippen MR) is 78.9 cm³/mol. The smallest absolute Gasteiger partial charge is 0.0627 e. The van der Waals surface area contributed by atoms with Crippen LogP contribution < -0.4 is 5.32 Å². The van der Waals surface area contributed by atoms with Crippen molar-refractivity contribution in [3.8, 4) is 0 Å². The van der Waals surface area contributed by atoms with Crippen LogP contribution in [0.4, 0.5) is 0 Å². The van der Waals surface area contributed by atoms with Crippen molar-refractivity contribution in [1.29, 1.82) is 0 Å². The van der Waals surface area contributed by atoms with Crippen molar-refractivity contribution in [3.63, 3.8) is 0 Å². The van der Waals surface area contributed by atoms with E-state index >= 15 is 0 Å². The van der Waals surface area contributed by atoms with Crippen molar-refractivity contribution in [2.75, 3.05) is 6.54 Å². The lowest BCUT2D eigenvalue weighted by molar-refractivity contribution is 0.0858. The van der Waals surface area contributed by atoms with E-state index in [0.29, 0.717) is 18.1 Å². The van der Waals surface area contributed by atoms with Crippen LogP contribution in [0.25, 0.3) is 0 Å². The van der Waals surface area contributed by atoms with E-state index < -0.39 is 0 Å². The fraction of sp³-hybridized carbons (Fsp3) is 0.600. The third kappa shape index (κ3) is 2.64. The van der Waals surface area contributed by atoms with Crippen molar-refractivity contribution in [1.82, 2.24) is 5.32 Å². The summed E-state index contributed by atoms with van der Waals surface area (Å²) in [5.41, 5.74) is 1.11. The lowest BCUT2D eigenvalue weighted by Gasteiger charge is -2.30. The molecule has 0 amide bonds. The topological polar surface area (TPSA) is 21.3 Å². The molecule has 19 heavy (non-hydrogen) atoms. The Kier molecular flexibility index (Phi) is 4.04. The van der Waals surface area contributed by atoms with Crippen molar-refractivity contribution in [2.24, 2.45) is 5.92 Å². The molecule has 0 spiro atoms. The molecule has 4 unspecified atom stereocenters. The first-order valence-electron chi connectivity index (χ1n) is 7.03. The Morgan fingerprint density at radius 1 is 1.37 bits per heavy atom. The Morgan fingerprint density at radius 2 is 2.21 bits per heavy atom. The van der Waals surface area contributed by atoms with E-state index in [0.717, 1.165) is 28.6 Å². The van der Waals surface area contributed by atoms with Crippen LogP contribution in [0.5, 0.6) is 0 Å². The lowest BCUT2D eigenvalue weighted by atomic mass is 9.81. The van der Waals surface area contributed by atoms with Crippen molar-refractivity contribution in [2.45, 2.75) is 44.4 Å². The number of ether oxygens (including phenoxy) is 1. The molecule has 0 aromatic heterocycles. The Bertz CT molecular complexity index is 465. The van der Waals surface area contributed by atoms with Crippen LogP contribution in [0.3, 0.4) is 0 Å². The minimum atomic E-state index is 0.242. The first-order chi connectivity index (χ1) is 9.19. The average molecular weight is 300 g/mol. The average Bonchev–Trinajstić information content (AvgIpc) is 3.01. The molecule has 2 bridgehead atoms. The Balaban J connectivity index is 1.90. The van der Waals surface area contributed by atoms with Gasteiger partial charge in [-0.15, -0.1) is 0 Å². The number of rotatable bonds is 4. The monoisotopic (exact) mass is 299 g/mol. The van der Waals surface area contributed by atoms with Gasteiger partial charge in [0.2, 0.25) is 0 Å². The van der Waals surface area contributed by atoms with E-state index in [-0.39, 0.29) is 6.04 Å². The molecular weight excluding hydrogens is 281 g/mol. The summed E-state index contributed by atoms with van der Waals surface area (Å²) in [4.78, 5) is 0. The molecule has 3 rings (SSSR count). The summed E-state index contributed by atoms with van der Waals surface area (Å²) in [6.07, 6.45) is 4.35. The number of hydrogen-bond donors (Lipinski definition) is 1. The van der Waals surface area contributed by atoms with Gasteiger partial charge in [-0.1, -0.05) is 30.1 Å². The van der Waals surface area contributed by atoms with Gasteiger partial charge in [0.05, 0.1) is 12.2 Å². The van der Waals surface area contributed by atoms with Crippen LogP contribution in [0.15, 0.2) is 18.2 Å². The first-order valence-corrected chi connectivity index (χ1v) is 7.78. The third-order valence-corrected chi connectivity index (χ3v) is 4.88. The molecule has 2 nitrogen and oxygen atoms in total. The Hall–Kier alpha value is -0.280. The zero-order chi connectivity index (χ0) is 13.4. The highest BCUT2D eigenvalue weighted by molar-refractivity contribution is 6.33. The molecule has 1 N–H and O–H groups in total. The van der Waals surface area contributed by atoms with Gasteiger partial charge >= 0.3 is 0 Å². The van der Waals surface area contributed by atoms with E-state index in [1.54, 1.807) is 0 Å². The second-order valence-electron chi connectivity index (χ2n) is 5.47. The van der Waals surface area contributed by atoms with Gasteiger partial charge in [-0.05, 0) is 49.6 Å². The molecule has 1 aromatic carbocycles. The van der Waals surface area contributed by atoms with Gasteiger partial charge in [-0.2, -0.15) is 0 Å². The van der Waals surface area contributed by atoms with E-state index in [1.807, 2.05) is 18.2 Å². The summed E-state index contributed by atoms with van der Waals surface area (Å²) < 4.78 is 5.99. The summed E-state index contributed by atoms with van der Waals surface area (Å²) >= 11 is 12.5. The second kappa shape index (κ2) is 5.61. The van der Waals surface area contributed by atoms with Crippen LogP contribution in [-0.2, 0) is 4.74 Å².